The normalized spacial score (nSPS) is 18.3. The van der Waals surface area contributed by atoms with Crippen LogP contribution in [0.3, 0.4) is 0 Å². The molecule has 2 aromatic rings. The minimum Gasteiger partial charge on any atom is -0.465 e. The van der Waals surface area contributed by atoms with Gasteiger partial charge >= 0.3 is 5.97 Å². The van der Waals surface area contributed by atoms with Gasteiger partial charge in [0.2, 0.25) is 0 Å². The standard InChI is InChI=1S/C21H15ClN2O4S2/c1-2-28-16(25)11-23-14-9-5-3-7-12(14)17(19(23)26)18-20(27)24(21(29)30-18)15-10-6-4-8-13(15)22/h3-10H,2,11H2,1H3. The first kappa shape index (κ1) is 20.6. The van der Waals surface area contributed by atoms with E-state index >= 15 is 0 Å². The quantitative estimate of drug-likeness (QED) is 0.391. The van der Waals surface area contributed by atoms with Crippen molar-refractivity contribution in [3.63, 3.8) is 0 Å². The summed E-state index contributed by atoms with van der Waals surface area (Å²) in [5, 5.41) is 0.377. The summed E-state index contributed by atoms with van der Waals surface area (Å²) < 4.78 is 5.27. The van der Waals surface area contributed by atoms with Gasteiger partial charge in [-0.1, -0.05) is 65.9 Å². The summed E-state index contributed by atoms with van der Waals surface area (Å²) in [5.41, 5.74) is 1.81. The van der Waals surface area contributed by atoms with Gasteiger partial charge < -0.3 is 4.74 Å². The van der Waals surface area contributed by atoms with Gasteiger partial charge in [0.25, 0.3) is 11.8 Å². The Bertz CT molecular complexity index is 1130. The first-order chi connectivity index (χ1) is 14.4. The topological polar surface area (TPSA) is 66.9 Å². The number of anilines is 2. The van der Waals surface area contributed by atoms with E-state index in [1.165, 1.54) is 9.80 Å². The molecule has 0 saturated carbocycles. The van der Waals surface area contributed by atoms with Crippen LogP contribution in [0.1, 0.15) is 12.5 Å². The molecule has 2 aromatic carbocycles. The lowest BCUT2D eigenvalue weighted by molar-refractivity contribution is -0.142. The number of thiocarbonyl (C=S) groups is 1. The molecule has 0 unspecified atom stereocenters. The Hall–Kier alpha value is -2.68. The number of carbonyl (C=O) groups is 3. The number of para-hydroxylation sites is 2. The van der Waals surface area contributed by atoms with Crippen LogP contribution < -0.4 is 9.80 Å². The molecule has 0 aromatic heterocycles. The molecule has 4 rings (SSSR count). The first-order valence-electron chi connectivity index (χ1n) is 9.06. The summed E-state index contributed by atoms with van der Waals surface area (Å²) in [7, 11) is 0. The van der Waals surface area contributed by atoms with Gasteiger partial charge in [-0.05, 0) is 25.1 Å². The highest BCUT2D eigenvalue weighted by atomic mass is 35.5. The van der Waals surface area contributed by atoms with Gasteiger partial charge in [-0.25, -0.2) is 0 Å². The van der Waals surface area contributed by atoms with Crippen LogP contribution in [0.5, 0.6) is 0 Å². The van der Waals surface area contributed by atoms with E-state index in [1.807, 2.05) is 0 Å². The van der Waals surface area contributed by atoms with Gasteiger partial charge in [-0.15, -0.1) is 0 Å². The Morgan fingerprint density at radius 3 is 2.43 bits per heavy atom. The van der Waals surface area contributed by atoms with Crippen LogP contribution in [-0.4, -0.2) is 35.3 Å². The van der Waals surface area contributed by atoms with Crippen LogP contribution in [0.15, 0.2) is 53.4 Å². The second kappa shape index (κ2) is 8.22. The van der Waals surface area contributed by atoms with E-state index in [2.05, 4.69) is 0 Å². The highest BCUT2D eigenvalue weighted by Gasteiger charge is 2.43. The fraction of sp³-hybridized carbons (Fsp3) is 0.143. The van der Waals surface area contributed by atoms with E-state index in [0.717, 1.165) is 11.8 Å². The summed E-state index contributed by atoms with van der Waals surface area (Å²) in [6.45, 7) is 1.67. The van der Waals surface area contributed by atoms with Crippen molar-refractivity contribution in [2.75, 3.05) is 23.0 Å². The molecule has 1 saturated heterocycles. The molecule has 2 amide bonds. The average Bonchev–Trinajstić information content (AvgIpc) is 3.16. The van der Waals surface area contributed by atoms with Gasteiger partial charge in [0.15, 0.2) is 4.32 Å². The van der Waals surface area contributed by atoms with Gasteiger partial charge in [0, 0.05) is 5.56 Å². The molecule has 0 N–H and O–H groups in total. The second-order valence-corrected chi connectivity index (χ2v) is 8.43. The second-order valence-electron chi connectivity index (χ2n) is 6.38. The van der Waals surface area contributed by atoms with Crippen molar-refractivity contribution >= 4 is 74.6 Å². The summed E-state index contributed by atoms with van der Waals surface area (Å²) in [6.07, 6.45) is 0. The van der Waals surface area contributed by atoms with Crippen LogP contribution in [0.25, 0.3) is 5.57 Å². The number of hydrogen-bond acceptors (Lipinski definition) is 6. The fourth-order valence-electron chi connectivity index (χ4n) is 3.35. The van der Waals surface area contributed by atoms with Gasteiger partial charge in [0.05, 0.1) is 33.5 Å². The number of halogens is 1. The van der Waals surface area contributed by atoms with Crippen molar-refractivity contribution in [1.82, 2.24) is 0 Å². The predicted molar refractivity (Wildman–Crippen MR) is 121 cm³/mol. The number of ether oxygens (including phenoxy) is 1. The number of thioether (sulfide) groups is 1. The molecule has 2 aliphatic heterocycles. The average molecular weight is 459 g/mol. The Kier molecular flexibility index (Phi) is 5.64. The molecular weight excluding hydrogens is 444 g/mol. The fourth-order valence-corrected chi connectivity index (χ4v) is 4.93. The number of rotatable bonds is 4. The number of esters is 1. The molecule has 1 fully saturated rings. The van der Waals surface area contributed by atoms with Crippen molar-refractivity contribution in [3.8, 4) is 0 Å². The molecule has 6 nitrogen and oxygen atoms in total. The number of nitrogens with zero attached hydrogens (tertiary/aromatic N) is 2. The number of fused-ring (bicyclic) bond motifs is 1. The SMILES string of the molecule is CCOC(=O)CN1C(=O)C(=C2SC(=S)N(c3ccccc3Cl)C2=O)c2ccccc21. The van der Waals surface area contributed by atoms with Crippen molar-refractivity contribution < 1.29 is 19.1 Å². The summed E-state index contributed by atoms with van der Waals surface area (Å²) in [5.74, 6) is -1.39. The molecule has 2 aliphatic rings. The minimum absolute atomic E-state index is 0.212. The van der Waals surface area contributed by atoms with Crippen LogP contribution in [-0.2, 0) is 19.1 Å². The van der Waals surface area contributed by atoms with E-state index in [4.69, 9.17) is 28.6 Å². The lowest BCUT2D eigenvalue weighted by Gasteiger charge is -2.16. The van der Waals surface area contributed by atoms with E-state index in [-0.39, 0.29) is 28.0 Å². The molecular formula is C21H15ClN2O4S2. The zero-order valence-electron chi connectivity index (χ0n) is 15.8. The third kappa shape index (κ3) is 3.40. The predicted octanol–water partition coefficient (Wildman–Crippen LogP) is 4.03. The smallest absolute Gasteiger partial charge is 0.326 e. The molecule has 30 heavy (non-hydrogen) atoms. The van der Waals surface area contributed by atoms with Gasteiger partial charge in [-0.2, -0.15) is 0 Å². The molecule has 0 spiro atoms. The number of benzene rings is 2. The third-order valence-electron chi connectivity index (χ3n) is 4.61. The maximum atomic E-state index is 13.3. The molecule has 152 valence electrons. The van der Waals surface area contributed by atoms with E-state index in [0.29, 0.717) is 22.0 Å². The monoisotopic (exact) mass is 458 g/mol. The zero-order chi connectivity index (χ0) is 21.4. The Morgan fingerprint density at radius 1 is 1.07 bits per heavy atom. The van der Waals surface area contributed by atoms with Crippen LogP contribution in [0.2, 0.25) is 5.02 Å². The Labute approximate surface area is 187 Å². The number of hydrogen-bond donors (Lipinski definition) is 0. The van der Waals surface area contributed by atoms with Crippen molar-refractivity contribution in [1.29, 1.82) is 0 Å². The maximum Gasteiger partial charge on any atom is 0.326 e. The summed E-state index contributed by atoms with van der Waals surface area (Å²) in [4.78, 5) is 41.4. The molecule has 2 heterocycles. The highest BCUT2D eigenvalue weighted by molar-refractivity contribution is 8.27. The van der Waals surface area contributed by atoms with Crippen molar-refractivity contribution in [2.24, 2.45) is 0 Å². The number of amides is 2. The van der Waals surface area contributed by atoms with Crippen molar-refractivity contribution in [2.45, 2.75) is 6.92 Å². The number of carbonyl (C=O) groups excluding carboxylic acids is 3. The summed E-state index contributed by atoms with van der Waals surface area (Å²) >= 11 is 12.7. The zero-order valence-corrected chi connectivity index (χ0v) is 18.1. The summed E-state index contributed by atoms with van der Waals surface area (Å²) in [6, 6.07) is 13.9. The maximum absolute atomic E-state index is 13.3. The molecule has 0 bridgehead atoms. The largest absolute Gasteiger partial charge is 0.465 e. The highest BCUT2D eigenvalue weighted by Crippen LogP contribution is 2.46. The lowest BCUT2D eigenvalue weighted by Crippen LogP contribution is -2.34. The first-order valence-corrected chi connectivity index (χ1v) is 10.7. The van der Waals surface area contributed by atoms with Crippen LogP contribution in [0.4, 0.5) is 11.4 Å². The van der Waals surface area contributed by atoms with Gasteiger partial charge in [0.1, 0.15) is 6.54 Å². The van der Waals surface area contributed by atoms with E-state index in [1.54, 1.807) is 55.5 Å². The third-order valence-corrected chi connectivity index (χ3v) is 6.30. The van der Waals surface area contributed by atoms with E-state index in [9.17, 15) is 14.4 Å². The van der Waals surface area contributed by atoms with E-state index < -0.39 is 17.8 Å². The minimum atomic E-state index is -0.523. The van der Waals surface area contributed by atoms with Crippen molar-refractivity contribution in [3.05, 3.63) is 64.0 Å². The molecule has 0 aliphatic carbocycles. The Morgan fingerprint density at radius 2 is 1.73 bits per heavy atom. The van der Waals surface area contributed by atoms with Crippen LogP contribution in [0, 0.1) is 0 Å². The van der Waals surface area contributed by atoms with Crippen LogP contribution >= 0.6 is 35.6 Å². The molecule has 0 atom stereocenters. The molecule has 9 heteroatoms. The Balaban J connectivity index is 1.79. The lowest BCUT2D eigenvalue weighted by atomic mass is 10.1. The molecule has 0 radical (unpaired) electrons. The van der Waals surface area contributed by atoms with Gasteiger partial charge in [-0.3, -0.25) is 24.2 Å².